The van der Waals surface area contributed by atoms with E-state index in [1.165, 1.54) is 24.1 Å². The lowest BCUT2D eigenvalue weighted by molar-refractivity contribution is -0.137. The summed E-state index contributed by atoms with van der Waals surface area (Å²) in [5.41, 5.74) is 0.0102. The van der Waals surface area contributed by atoms with Crippen molar-refractivity contribution in [3.8, 4) is 5.75 Å². The highest BCUT2D eigenvalue weighted by atomic mass is 19.4. The van der Waals surface area contributed by atoms with E-state index in [0.717, 1.165) is 12.1 Å². The van der Waals surface area contributed by atoms with Gasteiger partial charge < -0.3 is 15.4 Å². The molecule has 0 fully saturated rings. The third-order valence-corrected chi connectivity index (χ3v) is 3.68. The number of methoxy groups -OCH3 is 1. The molecule has 0 saturated carbocycles. The van der Waals surface area contributed by atoms with Crippen molar-refractivity contribution in [2.75, 3.05) is 37.9 Å². The zero-order valence-corrected chi connectivity index (χ0v) is 15.3. The molecule has 2 aromatic carbocycles. The molecule has 2 amide bonds. The normalized spacial score (nSPS) is 11.2. The molecule has 0 bridgehead atoms. The number of nitrogens with one attached hydrogen (secondary N) is 2. The monoisotopic (exact) mass is 395 g/mol. The van der Waals surface area contributed by atoms with Gasteiger partial charge in [-0.15, -0.1) is 0 Å². The Morgan fingerprint density at radius 1 is 0.964 bits per heavy atom. The van der Waals surface area contributed by atoms with Crippen molar-refractivity contribution >= 4 is 23.2 Å². The average molecular weight is 395 g/mol. The fourth-order valence-electron chi connectivity index (χ4n) is 2.39. The zero-order chi connectivity index (χ0) is 20.7. The van der Waals surface area contributed by atoms with Gasteiger partial charge in [0.05, 0.1) is 25.8 Å². The number of likely N-dealkylation sites (N-methyl/N-ethyl adjacent to an activating group) is 1. The van der Waals surface area contributed by atoms with Gasteiger partial charge in [0.2, 0.25) is 11.8 Å². The third kappa shape index (κ3) is 6.58. The number of carbonyl (C=O) groups excluding carboxylic acids is 2. The van der Waals surface area contributed by atoms with Crippen molar-refractivity contribution in [1.82, 2.24) is 4.90 Å². The van der Waals surface area contributed by atoms with Crippen molar-refractivity contribution in [2.24, 2.45) is 0 Å². The van der Waals surface area contributed by atoms with Gasteiger partial charge in [0, 0.05) is 17.4 Å². The van der Waals surface area contributed by atoms with E-state index < -0.39 is 17.6 Å². The summed E-state index contributed by atoms with van der Waals surface area (Å²) in [5, 5.41) is 5.19. The fraction of sp³-hybridized carbons (Fsp3) is 0.263. The minimum atomic E-state index is -4.43. The molecule has 0 aliphatic heterocycles. The molecule has 0 unspecified atom stereocenters. The molecule has 0 aliphatic carbocycles. The number of alkyl halides is 3. The summed E-state index contributed by atoms with van der Waals surface area (Å²) >= 11 is 0. The van der Waals surface area contributed by atoms with Crippen LogP contribution < -0.4 is 15.4 Å². The molecule has 0 aliphatic rings. The maximum Gasteiger partial charge on any atom is 0.416 e. The topological polar surface area (TPSA) is 70.7 Å². The molecule has 0 aromatic heterocycles. The lowest BCUT2D eigenvalue weighted by Crippen LogP contribution is -2.36. The Hall–Kier alpha value is -3.07. The lowest BCUT2D eigenvalue weighted by atomic mass is 10.2. The van der Waals surface area contributed by atoms with Gasteiger partial charge in [-0.25, -0.2) is 0 Å². The van der Waals surface area contributed by atoms with E-state index in [-0.39, 0.29) is 24.7 Å². The molecule has 0 atom stereocenters. The van der Waals surface area contributed by atoms with Crippen LogP contribution in [-0.4, -0.2) is 44.0 Å². The predicted octanol–water partition coefficient (Wildman–Crippen LogP) is 3.22. The van der Waals surface area contributed by atoms with Crippen LogP contribution >= 0.6 is 0 Å². The van der Waals surface area contributed by atoms with E-state index >= 15 is 0 Å². The molecule has 2 rings (SSSR count). The van der Waals surface area contributed by atoms with E-state index in [1.54, 1.807) is 31.3 Å². The highest BCUT2D eigenvalue weighted by Gasteiger charge is 2.30. The maximum atomic E-state index is 12.5. The van der Waals surface area contributed by atoms with E-state index in [1.807, 2.05) is 0 Å². The quantitative estimate of drug-likeness (QED) is 0.755. The highest BCUT2D eigenvalue weighted by Crippen LogP contribution is 2.29. The summed E-state index contributed by atoms with van der Waals surface area (Å²) in [4.78, 5) is 25.5. The van der Waals surface area contributed by atoms with Gasteiger partial charge in [-0.1, -0.05) is 6.07 Å². The molecule has 150 valence electrons. The summed E-state index contributed by atoms with van der Waals surface area (Å²) in [5.74, 6) is -0.170. The standard InChI is InChI=1S/C19H20F3N3O3/c1-25(12-18(27)24-15-4-3-5-16(10-15)28-2)11-17(26)23-14-8-6-13(7-9-14)19(20,21)22/h3-10H,11-12H2,1-2H3,(H,23,26)(H,24,27). The van der Waals surface area contributed by atoms with Gasteiger partial charge in [0.1, 0.15) is 5.75 Å². The number of hydrogen-bond acceptors (Lipinski definition) is 4. The van der Waals surface area contributed by atoms with Crippen molar-refractivity contribution in [3.63, 3.8) is 0 Å². The van der Waals surface area contributed by atoms with Crippen LogP contribution in [0.25, 0.3) is 0 Å². The van der Waals surface area contributed by atoms with Gasteiger partial charge in [-0.05, 0) is 43.4 Å². The Kier molecular flexibility index (Phi) is 7.00. The average Bonchev–Trinajstić information content (AvgIpc) is 2.61. The van der Waals surface area contributed by atoms with Gasteiger partial charge in [0.15, 0.2) is 0 Å². The first-order chi connectivity index (χ1) is 13.2. The summed E-state index contributed by atoms with van der Waals surface area (Å²) in [6.07, 6.45) is -4.43. The third-order valence-electron chi connectivity index (χ3n) is 3.68. The Bertz CT molecular complexity index is 823. The summed E-state index contributed by atoms with van der Waals surface area (Å²) < 4.78 is 42.7. The predicted molar refractivity (Wildman–Crippen MR) is 99.2 cm³/mol. The first-order valence-electron chi connectivity index (χ1n) is 8.27. The number of ether oxygens (including phenoxy) is 1. The highest BCUT2D eigenvalue weighted by molar-refractivity contribution is 5.94. The molecule has 0 heterocycles. The van der Waals surface area contributed by atoms with Gasteiger partial charge >= 0.3 is 6.18 Å². The minimum Gasteiger partial charge on any atom is -0.497 e. The number of amides is 2. The number of anilines is 2. The van der Waals surface area contributed by atoms with Crippen molar-refractivity contribution < 1.29 is 27.5 Å². The van der Waals surface area contributed by atoms with Gasteiger partial charge in [-0.3, -0.25) is 14.5 Å². The van der Waals surface area contributed by atoms with Crippen LogP contribution in [0.2, 0.25) is 0 Å². The van der Waals surface area contributed by atoms with Gasteiger partial charge in [0.25, 0.3) is 0 Å². The Balaban J connectivity index is 1.82. The van der Waals surface area contributed by atoms with Crippen molar-refractivity contribution in [3.05, 3.63) is 54.1 Å². The number of benzene rings is 2. The minimum absolute atomic E-state index is 0.0440. The summed E-state index contributed by atoms with van der Waals surface area (Å²) in [7, 11) is 3.10. The van der Waals surface area contributed by atoms with E-state index in [0.29, 0.717) is 11.4 Å². The SMILES string of the molecule is COc1cccc(NC(=O)CN(C)CC(=O)Nc2ccc(C(F)(F)F)cc2)c1. The van der Waals surface area contributed by atoms with Crippen LogP contribution in [0.1, 0.15) is 5.56 Å². The van der Waals surface area contributed by atoms with E-state index in [2.05, 4.69) is 10.6 Å². The van der Waals surface area contributed by atoms with E-state index in [9.17, 15) is 22.8 Å². The van der Waals surface area contributed by atoms with Crippen LogP contribution in [0.4, 0.5) is 24.5 Å². The number of hydrogen-bond donors (Lipinski definition) is 2. The molecular weight excluding hydrogens is 375 g/mol. The molecule has 0 spiro atoms. The molecule has 2 aromatic rings. The second kappa shape index (κ2) is 9.23. The Morgan fingerprint density at radius 2 is 1.54 bits per heavy atom. The Morgan fingerprint density at radius 3 is 2.07 bits per heavy atom. The van der Waals surface area contributed by atoms with Crippen molar-refractivity contribution in [2.45, 2.75) is 6.18 Å². The second-order valence-corrected chi connectivity index (χ2v) is 6.08. The number of rotatable bonds is 7. The number of nitrogens with zero attached hydrogens (tertiary/aromatic N) is 1. The van der Waals surface area contributed by atoms with Crippen molar-refractivity contribution in [1.29, 1.82) is 0 Å². The zero-order valence-electron chi connectivity index (χ0n) is 15.3. The number of carbonyl (C=O) groups is 2. The first-order valence-corrected chi connectivity index (χ1v) is 8.27. The van der Waals surface area contributed by atoms with E-state index in [4.69, 9.17) is 4.74 Å². The molecule has 9 heteroatoms. The molecule has 28 heavy (non-hydrogen) atoms. The Labute approximate surface area is 160 Å². The lowest BCUT2D eigenvalue weighted by Gasteiger charge is -2.16. The maximum absolute atomic E-state index is 12.5. The summed E-state index contributed by atoms with van der Waals surface area (Å²) in [6, 6.07) is 11.0. The van der Waals surface area contributed by atoms with Crippen LogP contribution in [0.3, 0.4) is 0 Å². The molecule has 6 nitrogen and oxygen atoms in total. The van der Waals surface area contributed by atoms with Crippen LogP contribution in [0, 0.1) is 0 Å². The fourth-order valence-corrected chi connectivity index (χ4v) is 2.39. The van der Waals surface area contributed by atoms with Crippen LogP contribution in [-0.2, 0) is 15.8 Å². The smallest absolute Gasteiger partial charge is 0.416 e. The number of halogens is 3. The molecule has 2 N–H and O–H groups in total. The molecule has 0 radical (unpaired) electrons. The van der Waals surface area contributed by atoms with Crippen LogP contribution in [0.15, 0.2) is 48.5 Å². The molecular formula is C19H20F3N3O3. The molecule has 0 saturated heterocycles. The summed E-state index contributed by atoms with van der Waals surface area (Å²) in [6.45, 7) is -0.149. The first kappa shape index (κ1) is 21.2. The largest absolute Gasteiger partial charge is 0.497 e. The second-order valence-electron chi connectivity index (χ2n) is 6.08. The van der Waals surface area contributed by atoms with Gasteiger partial charge in [-0.2, -0.15) is 13.2 Å². The van der Waals surface area contributed by atoms with Crippen LogP contribution in [0.5, 0.6) is 5.75 Å².